The van der Waals surface area contributed by atoms with Gasteiger partial charge in [-0.1, -0.05) is 13.8 Å². The quantitative estimate of drug-likeness (QED) is 0.585. The fraction of sp³-hybridized carbons (Fsp3) is 0.412. The summed E-state index contributed by atoms with van der Waals surface area (Å²) in [5, 5.41) is 22.8. The normalized spacial score (nSPS) is 20.4. The summed E-state index contributed by atoms with van der Waals surface area (Å²) >= 11 is 0. The third-order valence-corrected chi connectivity index (χ3v) is 4.41. The van der Waals surface area contributed by atoms with E-state index in [9.17, 15) is 19.2 Å². The maximum absolute atomic E-state index is 12.2. The predicted molar refractivity (Wildman–Crippen MR) is 88.1 cm³/mol. The van der Waals surface area contributed by atoms with Crippen LogP contribution in [0, 0.1) is 17.3 Å². The summed E-state index contributed by atoms with van der Waals surface area (Å²) in [7, 11) is 0. The second-order valence-corrected chi connectivity index (χ2v) is 6.58. The summed E-state index contributed by atoms with van der Waals surface area (Å²) in [5.74, 6) is -4.06. The molecule has 8 heteroatoms. The maximum Gasteiger partial charge on any atom is 0.307 e. The monoisotopic (exact) mass is 348 g/mol. The largest absolute Gasteiger partial charge is 0.481 e. The third-order valence-electron chi connectivity index (χ3n) is 4.41. The molecule has 1 aromatic carbocycles. The molecule has 1 aliphatic rings. The Morgan fingerprint density at radius 2 is 1.64 bits per heavy atom. The topological polar surface area (TPSA) is 133 Å². The van der Waals surface area contributed by atoms with Crippen molar-refractivity contribution in [2.24, 2.45) is 17.3 Å². The van der Waals surface area contributed by atoms with E-state index in [1.807, 2.05) is 0 Å². The van der Waals surface area contributed by atoms with E-state index >= 15 is 0 Å². The molecule has 0 bridgehead atoms. The van der Waals surface area contributed by atoms with Crippen molar-refractivity contribution in [3.8, 4) is 0 Å². The van der Waals surface area contributed by atoms with Crippen molar-refractivity contribution in [3.05, 3.63) is 29.8 Å². The first kappa shape index (κ1) is 18.4. The molecular weight excluding hydrogens is 328 g/mol. The average Bonchev–Trinajstić information content (AvgIpc) is 3.10. The van der Waals surface area contributed by atoms with Crippen molar-refractivity contribution in [3.63, 3.8) is 0 Å². The second kappa shape index (κ2) is 6.92. The van der Waals surface area contributed by atoms with Crippen LogP contribution in [0.1, 0.15) is 30.6 Å². The molecule has 0 heterocycles. The lowest BCUT2D eigenvalue weighted by Crippen LogP contribution is -2.26. The van der Waals surface area contributed by atoms with Gasteiger partial charge < -0.3 is 20.8 Å². The molecule has 1 aromatic rings. The minimum Gasteiger partial charge on any atom is -0.481 e. The van der Waals surface area contributed by atoms with Gasteiger partial charge in [-0.2, -0.15) is 0 Å². The van der Waals surface area contributed by atoms with Gasteiger partial charge >= 0.3 is 11.9 Å². The Labute approximate surface area is 144 Å². The van der Waals surface area contributed by atoms with Crippen LogP contribution in [-0.2, 0) is 14.4 Å². The first-order valence-corrected chi connectivity index (χ1v) is 7.78. The summed E-state index contributed by atoms with van der Waals surface area (Å²) in [6.07, 6.45) is -0.165. The van der Waals surface area contributed by atoms with Gasteiger partial charge in [-0.05, 0) is 29.7 Å². The highest BCUT2D eigenvalue weighted by Gasteiger charge is 2.65. The lowest BCUT2D eigenvalue weighted by Gasteiger charge is -2.08. The summed E-state index contributed by atoms with van der Waals surface area (Å²) in [4.78, 5) is 45.6. The fourth-order valence-electron chi connectivity index (χ4n) is 2.90. The van der Waals surface area contributed by atoms with E-state index in [0.29, 0.717) is 11.3 Å². The van der Waals surface area contributed by atoms with Crippen LogP contribution in [0.25, 0.3) is 0 Å². The third kappa shape index (κ3) is 4.14. The molecule has 134 valence electrons. The number of anilines is 1. The number of rotatable bonds is 7. The average molecular weight is 348 g/mol. The van der Waals surface area contributed by atoms with E-state index in [2.05, 4.69) is 10.6 Å². The number of carboxylic acid groups (broad SMARTS) is 2. The van der Waals surface area contributed by atoms with Crippen molar-refractivity contribution in [1.82, 2.24) is 5.32 Å². The summed E-state index contributed by atoms with van der Waals surface area (Å²) < 4.78 is 0. The maximum atomic E-state index is 12.2. The molecular formula is C17H20N2O6. The Bertz CT molecular complexity index is 710. The minimum atomic E-state index is -0.999. The van der Waals surface area contributed by atoms with Gasteiger partial charge in [-0.3, -0.25) is 19.2 Å². The molecule has 8 nitrogen and oxygen atoms in total. The molecule has 4 N–H and O–H groups in total. The lowest BCUT2D eigenvalue weighted by atomic mass is 10.1. The van der Waals surface area contributed by atoms with Crippen molar-refractivity contribution in [1.29, 1.82) is 0 Å². The Morgan fingerprint density at radius 3 is 2.12 bits per heavy atom. The number of nitrogens with one attached hydrogen (secondary N) is 2. The molecule has 0 spiro atoms. The Balaban J connectivity index is 1.92. The van der Waals surface area contributed by atoms with Crippen molar-refractivity contribution in [2.45, 2.75) is 20.3 Å². The van der Waals surface area contributed by atoms with Crippen molar-refractivity contribution >= 4 is 29.4 Å². The SMILES string of the molecule is CC1(C)[C@@H](C(=O)O)[C@@H]1C(=O)Nc1ccc(C(=O)NCCC(=O)O)cc1. The number of hydrogen-bond acceptors (Lipinski definition) is 4. The highest BCUT2D eigenvalue weighted by atomic mass is 16.4. The molecule has 2 amide bonds. The molecule has 1 fully saturated rings. The Morgan fingerprint density at radius 1 is 1.04 bits per heavy atom. The minimum absolute atomic E-state index is 0.0278. The zero-order valence-electron chi connectivity index (χ0n) is 13.9. The molecule has 0 saturated heterocycles. The Kier molecular flexibility index (Phi) is 5.10. The number of carboxylic acids is 2. The number of hydrogen-bond donors (Lipinski definition) is 4. The fourth-order valence-corrected chi connectivity index (χ4v) is 2.90. The number of benzene rings is 1. The van der Waals surface area contributed by atoms with Gasteiger partial charge in [0.05, 0.1) is 18.3 Å². The van der Waals surface area contributed by atoms with Crippen LogP contribution in [0.3, 0.4) is 0 Å². The van der Waals surface area contributed by atoms with Gasteiger partial charge in [0.1, 0.15) is 0 Å². The molecule has 0 unspecified atom stereocenters. The van der Waals surface area contributed by atoms with Gasteiger partial charge in [-0.25, -0.2) is 0 Å². The predicted octanol–water partition coefficient (Wildman–Crippen LogP) is 1.19. The summed E-state index contributed by atoms with van der Waals surface area (Å²) in [6.45, 7) is 3.50. The van der Waals surface area contributed by atoms with Gasteiger partial charge in [-0.15, -0.1) is 0 Å². The van der Waals surface area contributed by atoms with E-state index in [4.69, 9.17) is 10.2 Å². The smallest absolute Gasteiger partial charge is 0.307 e. The van der Waals surface area contributed by atoms with Crippen LogP contribution in [0.4, 0.5) is 5.69 Å². The van der Waals surface area contributed by atoms with Gasteiger partial charge in [0.25, 0.3) is 5.91 Å². The Hall–Kier alpha value is -2.90. The highest BCUT2D eigenvalue weighted by molar-refractivity contribution is 6.00. The van der Waals surface area contributed by atoms with E-state index in [0.717, 1.165) is 0 Å². The zero-order valence-corrected chi connectivity index (χ0v) is 13.9. The van der Waals surface area contributed by atoms with E-state index < -0.39 is 35.1 Å². The standard InChI is InChI=1S/C17H20N2O6/c1-17(2)12(13(17)16(24)25)15(23)19-10-5-3-9(4-6-10)14(22)18-8-7-11(20)21/h3-6,12-13H,7-8H2,1-2H3,(H,18,22)(H,19,23)(H,20,21)(H,24,25)/t12-,13-/m1/s1. The van der Waals surface area contributed by atoms with Crippen LogP contribution >= 0.6 is 0 Å². The van der Waals surface area contributed by atoms with E-state index in [1.54, 1.807) is 13.8 Å². The van der Waals surface area contributed by atoms with Gasteiger partial charge in [0.15, 0.2) is 0 Å². The lowest BCUT2D eigenvalue weighted by molar-refractivity contribution is -0.140. The molecule has 1 saturated carbocycles. The first-order valence-electron chi connectivity index (χ1n) is 7.78. The number of carbonyl (C=O) groups excluding carboxylic acids is 2. The highest BCUT2D eigenvalue weighted by Crippen LogP contribution is 2.58. The van der Waals surface area contributed by atoms with Gasteiger partial charge in [0, 0.05) is 17.8 Å². The molecule has 0 aromatic heterocycles. The van der Waals surface area contributed by atoms with Gasteiger partial charge in [0.2, 0.25) is 5.91 Å². The van der Waals surface area contributed by atoms with Crippen LogP contribution in [0.2, 0.25) is 0 Å². The van der Waals surface area contributed by atoms with Crippen LogP contribution in [0.5, 0.6) is 0 Å². The van der Waals surface area contributed by atoms with Crippen LogP contribution in [0.15, 0.2) is 24.3 Å². The second-order valence-electron chi connectivity index (χ2n) is 6.58. The molecule has 0 aliphatic heterocycles. The van der Waals surface area contributed by atoms with E-state index in [1.165, 1.54) is 24.3 Å². The van der Waals surface area contributed by atoms with Crippen molar-refractivity contribution < 1.29 is 29.4 Å². The molecule has 1 aliphatic carbocycles. The molecule has 2 rings (SSSR count). The summed E-state index contributed by atoms with van der Waals surface area (Å²) in [5.41, 5.74) is 0.206. The van der Waals surface area contributed by atoms with E-state index in [-0.39, 0.29) is 18.9 Å². The molecule has 2 atom stereocenters. The summed E-state index contributed by atoms with van der Waals surface area (Å²) in [6, 6.07) is 6.07. The first-order chi connectivity index (χ1) is 11.6. The van der Waals surface area contributed by atoms with Crippen LogP contribution in [-0.4, -0.2) is 40.5 Å². The number of carbonyl (C=O) groups is 4. The molecule has 25 heavy (non-hydrogen) atoms. The molecule has 0 radical (unpaired) electrons. The van der Waals surface area contributed by atoms with Crippen molar-refractivity contribution in [2.75, 3.05) is 11.9 Å². The zero-order chi connectivity index (χ0) is 18.8. The van der Waals surface area contributed by atoms with Crippen LogP contribution < -0.4 is 10.6 Å². The number of aliphatic carboxylic acids is 2. The number of amides is 2.